The second kappa shape index (κ2) is 5.64. The average Bonchev–Trinajstić information content (AvgIpc) is 3.14. The first kappa shape index (κ1) is 15.5. The summed E-state index contributed by atoms with van der Waals surface area (Å²) in [5.41, 5.74) is 2.65. The summed E-state index contributed by atoms with van der Waals surface area (Å²) in [6.07, 6.45) is 5.74. The van der Waals surface area contributed by atoms with Crippen molar-refractivity contribution in [2.45, 2.75) is 32.6 Å². The van der Waals surface area contributed by atoms with Gasteiger partial charge in [-0.05, 0) is 30.2 Å². The Hall–Kier alpha value is -2.44. The molecule has 0 radical (unpaired) electrons. The number of phenolic OH excluding ortho intramolecular Hbond substituents is 1. The van der Waals surface area contributed by atoms with Gasteiger partial charge in [-0.15, -0.1) is 0 Å². The van der Waals surface area contributed by atoms with Crippen LogP contribution in [0.3, 0.4) is 0 Å². The summed E-state index contributed by atoms with van der Waals surface area (Å²) in [5, 5.41) is 24.3. The monoisotopic (exact) mass is 317 g/mol. The van der Waals surface area contributed by atoms with E-state index in [9.17, 15) is 20.0 Å². The lowest BCUT2D eigenvalue weighted by Crippen LogP contribution is -2.22. The van der Waals surface area contributed by atoms with Crippen molar-refractivity contribution in [2.24, 2.45) is 22.4 Å². The van der Waals surface area contributed by atoms with Crippen molar-refractivity contribution in [3.8, 4) is 5.75 Å². The van der Waals surface area contributed by atoms with Gasteiger partial charge in [0.25, 0.3) is 5.69 Å². The summed E-state index contributed by atoms with van der Waals surface area (Å²) in [5.74, 6) is 0.208. The number of fused-ring (bicyclic) bond motifs is 1. The van der Waals surface area contributed by atoms with Crippen LogP contribution in [0.25, 0.3) is 0 Å². The first-order valence-corrected chi connectivity index (χ1v) is 7.74. The van der Waals surface area contributed by atoms with Crippen molar-refractivity contribution >= 4 is 17.8 Å². The number of nitro benzene ring substituents is 1. The third kappa shape index (κ3) is 2.78. The van der Waals surface area contributed by atoms with Crippen LogP contribution < -0.4 is 5.43 Å². The normalized spacial score (nSPS) is 29.1. The SMILES string of the molecule is C[C@]12CCCC[C@H]1[C@H]2C(=O)N/N=C\c1cc([N+](=O)[O-])ccc1O. The number of phenols is 1. The number of nitrogens with zero attached hydrogens (tertiary/aromatic N) is 2. The molecule has 0 saturated heterocycles. The molecule has 7 nitrogen and oxygen atoms in total. The van der Waals surface area contributed by atoms with E-state index >= 15 is 0 Å². The van der Waals surface area contributed by atoms with Gasteiger partial charge in [0.1, 0.15) is 5.75 Å². The Morgan fingerprint density at radius 3 is 2.96 bits per heavy atom. The lowest BCUT2D eigenvalue weighted by atomic mass is 9.90. The van der Waals surface area contributed by atoms with Gasteiger partial charge in [-0.2, -0.15) is 5.10 Å². The first-order chi connectivity index (χ1) is 10.9. The Morgan fingerprint density at radius 2 is 2.30 bits per heavy atom. The van der Waals surface area contributed by atoms with Crippen molar-refractivity contribution in [3.05, 3.63) is 33.9 Å². The molecule has 0 bridgehead atoms. The number of non-ortho nitro benzene ring substituents is 1. The summed E-state index contributed by atoms with van der Waals surface area (Å²) < 4.78 is 0. The number of carbonyl (C=O) groups excluding carboxylic acids is 1. The summed E-state index contributed by atoms with van der Waals surface area (Å²) in [4.78, 5) is 22.4. The molecule has 2 N–H and O–H groups in total. The third-order valence-corrected chi connectivity index (χ3v) is 5.21. The molecule has 1 aromatic carbocycles. The van der Waals surface area contributed by atoms with Crippen LogP contribution >= 0.6 is 0 Å². The Kier molecular flexibility index (Phi) is 3.79. The maximum atomic E-state index is 12.2. The molecule has 122 valence electrons. The van der Waals surface area contributed by atoms with Crippen molar-refractivity contribution in [3.63, 3.8) is 0 Å². The average molecular weight is 317 g/mol. The number of amides is 1. The van der Waals surface area contributed by atoms with Crippen LogP contribution in [0.4, 0.5) is 5.69 Å². The highest BCUT2D eigenvalue weighted by atomic mass is 16.6. The summed E-state index contributed by atoms with van der Waals surface area (Å²) in [6, 6.07) is 3.65. The Bertz CT molecular complexity index is 688. The summed E-state index contributed by atoms with van der Waals surface area (Å²) >= 11 is 0. The van der Waals surface area contributed by atoms with E-state index in [1.807, 2.05) is 0 Å². The number of benzene rings is 1. The van der Waals surface area contributed by atoms with E-state index in [0.717, 1.165) is 12.8 Å². The highest BCUT2D eigenvalue weighted by Gasteiger charge is 2.64. The molecule has 2 aliphatic rings. The molecule has 0 aromatic heterocycles. The highest BCUT2D eigenvalue weighted by molar-refractivity contribution is 5.87. The molecular weight excluding hydrogens is 298 g/mol. The fourth-order valence-electron chi connectivity index (χ4n) is 3.84. The summed E-state index contributed by atoms with van der Waals surface area (Å²) in [7, 11) is 0. The van der Waals surface area contributed by atoms with Gasteiger partial charge in [-0.1, -0.05) is 19.8 Å². The smallest absolute Gasteiger partial charge is 0.270 e. The van der Waals surface area contributed by atoms with E-state index in [1.165, 1.54) is 37.3 Å². The molecule has 0 spiro atoms. The molecule has 1 amide bonds. The van der Waals surface area contributed by atoms with Crippen molar-refractivity contribution in [1.82, 2.24) is 5.43 Å². The zero-order chi connectivity index (χ0) is 16.6. The van der Waals surface area contributed by atoms with Gasteiger partial charge >= 0.3 is 0 Å². The first-order valence-electron chi connectivity index (χ1n) is 7.74. The van der Waals surface area contributed by atoms with E-state index < -0.39 is 4.92 Å². The second-order valence-corrected chi connectivity index (χ2v) is 6.57. The number of nitrogens with one attached hydrogen (secondary N) is 1. The maximum absolute atomic E-state index is 12.2. The Morgan fingerprint density at radius 1 is 1.52 bits per heavy atom. The van der Waals surface area contributed by atoms with Crippen molar-refractivity contribution < 1.29 is 14.8 Å². The van der Waals surface area contributed by atoms with E-state index in [2.05, 4.69) is 17.5 Å². The van der Waals surface area contributed by atoms with E-state index in [0.29, 0.717) is 5.92 Å². The molecule has 2 saturated carbocycles. The topological polar surface area (TPSA) is 105 Å². The van der Waals surface area contributed by atoms with Crippen LogP contribution in [0.2, 0.25) is 0 Å². The zero-order valence-corrected chi connectivity index (χ0v) is 12.9. The molecule has 0 unspecified atom stereocenters. The lowest BCUT2D eigenvalue weighted by molar-refractivity contribution is -0.384. The number of aromatic hydroxyl groups is 1. The fourth-order valence-corrected chi connectivity index (χ4v) is 3.84. The molecular formula is C16H19N3O4. The predicted octanol–water partition coefficient (Wildman–Crippen LogP) is 2.58. The molecule has 0 heterocycles. The van der Waals surface area contributed by atoms with Crippen LogP contribution in [0.1, 0.15) is 38.2 Å². The lowest BCUT2D eigenvalue weighted by Gasteiger charge is -2.15. The maximum Gasteiger partial charge on any atom is 0.270 e. The minimum absolute atomic E-state index is 0.000793. The molecule has 7 heteroatoms. The quantitative estimate of drug-likeness (QED) is 0.506. The molecule has 0 aliphatic heterocycles. The minimum atomic E-state index is -0.551. The molecule has 3 rings (SSSR count). The van der Waals surface area contributed by atoms with Gasteiger partial charge in [0.15, 0.2) is 0 Å². The second-order valence-electron chi connectivity index (χ2n) is 6.57. The molecule has 3 atom stereocenters. The Labute approximate surface area is 133 Å². The largest absolute Gasteiger partial charge is 0.507 e. The van der Waals surface area contributed by atoms with Crippen LogP contribution in [0, 0.1) is 27.4 Å². The van der Waals surface area contributed by atoms with Crippen LogP contribution in [-0.4, -0.2) is 22.2 Å². The van der Waals surface area contributed by atoms with E-state index in [1.54, 1.807) is 0 Å². The number of rotatable bonds is 4. The molecule has 1 aromatic rings. The van der Waals surface area contributed by atoms with Crippen molar-refractivity contribution in [1.29, 1.82) is 0 Å². The van der Waals surface area contributed by atoms with Gasteiger partial charge in [0.2, 0.25) is 5.91 Å². The fraction of sp³-hybridized carbons (Fsp3) is 0.500. The number of hydrazone groups is 1. The van der Waals surface area contributed by atoms with Crippen LogP contribution in [-0.2, 0) is 4.79 Å². The number of hydrogen-bond acceptors (Lipinski definition) is 5. The van der Waals surface area contributed by atoms with Gasteiger partial charge in [-0.25, -0.2) is 5.43 Å². The number of nitro groups is 1. The summed E-state index contributed by atoms with van der Waals surface area (Å²) in [6.45, 7) is 2.15. The molecule has 2 fully saturated rings. The van der Waals surface area contributed by atoms with Crippen LogP contribution in [0.5, 0.6) is 5.75 Å². The van der Waals surface area contributed by atoms with Crippen molar-refractivity contribution in [2.75, 3.05) is 0 Å². The van der Waals surface area contributed by atoms with Gasteiger partial charge in [0.05, 0.1) is 11.1 Å². The van der Waals surface area contributed by atoms with Gasteiger partial charge in [-0.3, -0.25) is 14.9 Å². The third-order valence-electron chi connectivity index (χ3n) is 5.21. The predicted molar refractivity (Wildman–Crippen MR) is 84.1 cm³/mol. The Balaban J connectivity index is 1.64. The molecule has 23 heavy (non-hydrogen) atoms. The highest BCUT2D eigenvalue weighted by Crippen LogP contribution is 2.66. The van der Waals surface area contributed by atoms with Gasteiger partial charge in [0, 0.05) is 23.6 Å². The van der Waals surface area contributed by atoms with E-state index in [4.69, 9.17) is 0 Å². The number of carbonyl (C=O) groups is 1. The van der Waals surface area contributed by atoms with Gasteiger partial charge < -0.3 is 5.11 Å². The van der Waals surface area contributed by atoms with E-state index in [-0.39, 0.29) is 34.2 Å². The molecule has 2 aliphatic carbocycles. The minimum Gasteiger partial charge on any atom is -0.507 e. The standard InChI is InChI=1S/C16H19N3O4/c1-16-7-3-2-4-12(16)14(16)15(21)18-17-9-10-8-11(19(22)23)5-6-13(10)20/h5-6,8-9,12,14,20H,2-4,7H2,1H3,(H,18,21)/b17-9-/t12-,14-,16-/m0/s1. The number of hydrogen-bond donors (Lipinski definition) is 2. The van der Waals surface area contributed by atoms with Crippen LogP contribution in [0.15, 0.2) is 23.3 Å². The zero-order valence-electron chi connectivity index (χ0n) is 12.9.